The largest absolute Gasteiger partial charge is 0.393 e. The highest BCUT2D eigenvalue weighted by Gasteiger charge is 2.71. The summed E-state index contributed by atoms with van der Waals surface area (Å²) in [4.78, 5) is 46.5. The van der Waals surface area contributed by atoms with E-state index in [1.807, 2.05) is 0 Å². The number of esters is 2. The van der Waals surface area contributed by atoms with Crippen LogP contribution in [0.15, 0.2) is 0 Å². The third-order valence-electron chi connectivity index (χ3n) is 4.76. The van der Waals surface area contributed by atoms with Gasteiger partial charge in [-0.25, -0.2) is 0 Å². The topological polar surface area (TPSA) is 89.5 Å². The van der Waals surface area contributed by atoms with Crippen LogP contribution in [0.25, 0.3) is 0 Å². The van der Waals surface area contributed by atoms with Crippen LogP contribution in [-0.2, 0) is 23.9 Å². The highest BCUT2D eigenvalue weighted by Crippen LogP contribution is 2.62. The van der Waals surface area contributed by atoms with Crippen LogP contribution in [0.5, 0.6) is 0 Å². The van der Waals surface area contributed by atoms with Crippen molar-refractivity contribution in [1.29, 1.82) is 0 Å². The van der Waals surface area contributed by atoms with Crippen molar-refractivity contribution >= 4 is 23.8 Å². The summed E-state index contributed by atoms with van der Waals surface area (Å²) >= 11 is 0. The van der Waals surface area contributed by atoms with Crippen molar-refractivity contribution in [3.05, 3.63) is 0 Å². The van der Waals surface area contributed by atoms with Gasteiger partial charge in [0.2, 0.25) is 11.8 Å². The Bertz CT molecular complexity index is 414. The molecular weight excluding hydrogens is 226 g/mol. The molecule has 6 unspecified atom stereocenters. The van der Waals surface area contributed by atoms with Gasteiger partial charge in [0.1, 0.15) is 0 Å². The maximum atomic E-state index is 11.7. The van der Waals surface area contributed by atoms with Crippen molar-refractivity contribution in [3.8, 4) is 0 Å². The molecule has 4 aliphatic rings. The molecule has 2 saturated carbocycles. The Morgan fingerprint density at radius 2 is 1.29 bits per heavy atom. The van der Waals surface area contributed by atoms with E-state index in [0.29, 0.717) is 6.42 Å². The molecule has 0 aromatic rings. The van der Waals surface area contributed by atoms with Crippen LogP contribution in [0.4, 0.5) is 0 Å². The van der Waals surface area contributed by atoms with Crippen molar-refractivity contribution in [2.75, 3.05) is 0 Å². The molecule has 2 heterocycles. The molecule has 1 N–H and O–H groups in total. The van der Waals surface area contributed by atoms with Crippen LogP contribution in [0.2, 0.25) is 0 Å². The summed E-state index contributed by atoms with van der Waals surface area (Å²) in [5.41, 5.74) is 0. The third kappa shape index (κ3) is 0.852. The van der Waals surface area contributed by atoms with Gasteiger partial charge in [0, 0.05) is 0 Å². The van der Waals surface area contributed by atoms with E-state index in [2.05, 4.69) is 10.1 Å². The average molecular weight is 235 g/mol. The van der Waals surface area contributed by atoms with Gasteiger partial charge in [-0.05, 0) is 18.3 Å². The summed E-state index contributed by atoms with van der Waals surface area (Å²) in [6.45, 7) is 0. The molecule has 2 bridgehead atoms. The van der Waals surface area contributed by atoms with E-state index in [1.54, 1.807) is 0 Å². The van der Waals surface area contributed by atoms with Crippen LogP contribution in [0.3, 0.4) is 0 Å². The molecule has 17 heavy (non-hydrogen) atoms. The Morgan fingerprint density at radius 1 is 0.824 bits per heavy atom. The zero-order valence-electron chi connectivity index (χ0n) is 8.71. The standard InChI is InChI=1S/C11H9NO5/c13-8-4-2-1-3(5(4)9(14)12-8)7-6(2)10(15)17-11(7)16/h2-7H,1H2,(H,12,13,14). The van der Waals surface area contributed by atoms with Crippen molar-refractivity contribution < 1.29 is 23.9 Å². The molecule has 4 rings (SSSR count). The summed E-state index contributed by atoms with van der Waals surface area (Å²) < 4.78 is 4.62. The molecule has 2 saturated heterocycles. The second kappa shape index (κ2) is 2.57. The van der Waals surface area contributed by atoms with Gasteiger partial charge >= 0.3 is 11.9 Å². The van der Waals surface area contributed by atoms with Crippen molar-refractivity contribution in [3.63, 3.8) is 0 Å². The van der Waals surface area contributed by atoms with Crippen LogP contribution < -0.4 is 5.32 Å². The van der Waals surface area contributed by atoms with Crippen molar-refractivity contribution in [1.82, 2.24) is 5.32 Å². The molecule has 0 spiro atoms. The normalized spacial score (nSPS) is 50.4. The molecule has 4 fully saturated rings. The minimum absolute atomic E-state index is 0.194. The Labute approximate surface area is 95.7 Å². The summed E-state index contributed by atoms with van der Waals surface area (Å²) in [6, 6.07) is 0. The molecule has 2 amide bonds. The Morgan fingerprint density at radius 3 is 1.76 bits per heavy atom. The molecule has 6 atom stereocenters. The summed E-state index contributed by atoms with van der Waals surface area (Å²) in [5, 5.41) is 2.30. The lowest BCUT2D eigenvalue weighted by molar-refractivity contribution is -0.154. The number of hydrogen-bond acceptors (Lipinski definition) is 5. The predicted octanol–water partition coefficient (Wildman–Crippen LogP) is -1.16. The van der Waals surface area contributed by atoms with Gasteiger partial charge in [-0.3, -0.25) is 24.5 Å². The number of amides is 2. The highest BCUT2D eigenvalue weighted by atomic mass is 16.6. The van der Waals surface area contributed by atoms with E-state index in [-0.39, 0.29) is 23.7 Å². The zero-order valence-corrected chi connectivity index (χ0v) is 8.71. The van der Waals surface area contributed by atoms with Gasteiger partial charge in [-0.2, -0.15) is 0 Å². The number of fused-ring (bicyclic) bond motifs is 8. The molecule has 0 aromatic heterocycles. The molecule has 0 aromatic carbocycles. The molecule has 2 aliphatic carbocycles. The van der Waals surface area contributed by atoms with E-state index >= 15 is 0 Å². The number of ether oxygens (including phenoxy) is 1. The van der Waals surface area contributed by atoms with E-state index in [9.17, 15) is 19.2 Å². The molecule has 2 aliphatic heterocycles. The highest BCUT2D eigenvalue weighted by molar-refractivity contribution is 6.08. The maximum Gasteiger partial charge on any atom is 0.317 e. The first-order valence-corrected chi connectivity index (χ1v) is 5.70. The Hall–Kier alpha value is -1.72. The number of cyclic esters (lactones) is 2. The minimum Gasteiger partial charge on any atom is -0.393 e. The van der Waals surface area contributed by atoms with Gasteiger partial charge in [0.25, 0.3) is 0 Å². The number of nitrogens with one attached hydrogen (secondary N) is 1. The Balaban J connectivity index is 1.82. The fourth-order valence-corrected chi connectivity index (χ4v) is 4.29. The first-order valence-electron chi connectivity index (χ1n) is 5.70. The third-order valence-corrected chi connectivity index (χ3v) is 4.76. The fraction of sp³-hybridized carbons (Fsp3) is 0.636. The van der Waals surface area contributed by atoms with E-state index in [4.69, 9.17) is 0 Å². The van der Waals surface area contributed by atoms with Crippen LogP contribution in [0.1, 0.15) is 6.42 Å². The average Bonchev–Trinajstić information content (AvgIpc) is 2.92. The minimum atomic E-state index is -0.516. The number of imide groups is 1. The van der Waals surface area contributed by atoms with E-state index in [1.165, 1.54) is 0 Å². The SMILES string of the molecule is O=C1NC(=O)C2C3CC(C12)C1C(=O)OC(=O)C31. The lowest BCUT2D eigenvalue weighted by Gasteiger charge is -2.26. The molecular formula is C11H9NO5. The number of rotatable bonds is 0. The smallest absolute Gasteiger partial charge is 0.317 e. The molecule has 88 valence electrons. The molecule has 6 nitrogen and oxygen atoms in total. The first-order chi connectivity index (χ1) is 8.09. The van der Waals surface area contributed by atoms with Gasteiger partial charge in [0.05, 0.1) is 23.7 Å². The van der Waals surface area contributed by atoms with Crippen LogP contribution in [0, 0.1) is 35.5 Å². The monoisotopic (exact) mass is 235 g/mol. The maximum absolute atomic E-state index is 11.7. The summed E-state index contributed by atoms with van der Waals surface area (Å²) in [7, 11) is 0. The van der Waals surface area contributed by atoms with Gasteiger partial charge < -0.3 is 4.74 Å². The summed E-state index contributed by atoms with van der Waals surface area (Å²) in [6.07, 6.45) is 0.616. The van der Waals surface area contributed by atoms with Crippen molar-refractivity contribution in [2.24, 2.45) is 35.5 Å². The number of hydrogen-bond donors (Lipinski definition) is 1. The number of carbonyl (C=O) groups excluding carboxylic acids is 4. The van der Waals surface area contributed by atoms with Gasteiger partial charge in [-0.1, -0.05) is 0 Å². The molecule has 6 heteroatoms. The van der Waals surface area contributed by atoms with Crippen molar-refractivity contribution in [2.45, 2.75) is 6.42 Å². The second-order valence-corrected chi connectivity index (χ2v) is 5.26. The van der Waals surface area contributed by atoms with Gasteiger partial charge in [0.15, 0.2) is 0 Å². The zero-order chi connectivity index (χ0) is 11.9. The lowest BCUT2D eigenvalue weighted by atomic mass is 9.70. The quantitative estimate of drug-likeness (QED) is 0.325. The van der Waals surface area contributed by atoms with E-state index in [0.717, 1.165) is 0 Å². The Kier molecular flexibility index (Phi) is 1.41. The van der Waals surface area contributed by atoms with Crippen LogP contribution in [-0.4, -0.2) is 23.8 Å². The van der Waals surface area contributed by atoms with Crippen LogP contribution >= 0.6 is 0 Å². The predicted molar refractivity (Wildman–Crippen MR) is 49.8 cm³/mol. The lowest BCUT2D eigenvalue weighted by Crippen LogP contribution is -2.37. The van der Waals surface area contributed by atoms with E-state index < -0.39 is 35.6 Å². The van der Waals surface area contributed by atoms with Gasteiger partial charge in [-0.15, -0.1) is 0 Å². The molecule has 0 radical (unpaired) electrons. The second-order valence-electron chi connectivity index (χ2n) is 5.26. The number of carbonyl (C=O) groups is 4. The fourth-order valence-electron chi connectivity index (χ4n) is 4.29. The summed E-state index contributed by atoms with van der Waals surface area (Å²) in [5.74, 6) is -3.84. The first kappa shape index (κ1) is 9.32.